The molecule has 0 atom stereocenters. The third kappa shape index (κ3) is 4.90. The largest absolute Gasteiger partial charge is 0.114 e. The van der Waals surface area contributed by atoms with Gasteiger partial charge < -0.3 is 0 Å². The Bertz CT molecular complexity index is 139. The molecule has 52 valence electrons. The number of aryl methyl sites for hydroxylation is 1. The van der Waals surface area contributed by atoms with Gasteiger partial charge in [-0.1, -0.05) is 35.9 Å². The molecule has 0 N–H and O–H groups in total. The molecule has 0 amide bonds. The third-order valence-electron chi connectivity index (χ3n) is 0.940. The zero-order valence-corrected chi connectivity index (χ0v) is 9.25. The first-order valence-corrected chi connectivity index (χ1v) is 2.41. The summed E-state index contributed by atoms with van der Waals surface area (Å²) in [6, 6.07) is 10.3. The molecule has 1 aromatic carbocycles. The van der Waals surface area contributed by atoms with Crippen LogP contribution in [-0.4, -0.2) is 0 Å². The van der Waals surface area contributed by atoms with E-state index < -0.39 is 0 Å². The summed E-state index contributed by atoms with van der Waals surface area (Å²) in [4.78, 5) is 0. The molecule has 0 aromatic heterocycles. The topological polar surface area (TPSA) is 0 Å². The molecule has 1 rings (SSSR count). The Morgan fingerprint density at radius 3 is 1.67 bits per heavy atom. The molecule has 0 saturated carbocycles. The first-order valence-electron chi connectivity index (χ1n) is 2.41. The smallest absolute Gasteiger partial charge is 0.0398 e. The molecule has 0 aliphatic heterocycles. The lowest BCUT2D eigenvalue weighted by atomic mass is 10.2. The van der Waals surface area contributed by atoms with Gasteiger partial charge in [-0.05, 0) is 6.92 Å². The van der Waals surface area contributed by atoms with Crippen LogP contribution in [0, 0.1) is 6.92 Å². The average Bonchev–Trinajstić information content (AvgIpc) is 1.69. The Hall–Kier alpha value is 0.430. The lowest BCUT2D eigenvalue weighted by Gasteiger charge is -1.82. The van der Waals surface area contributed by atoms with Crippen molar-refractivity contribution in [2.45, 2.75) is 6.92 Å². The Morgan fingerprint density at radius 1 is 1.00 bits per heavy atom. The molecule has 0 saturated heterocycles. The zero-order valence-electron chi connectivity index (χ0n) is 5.20. The van der Waals surface area contributed by atoms with Gasteiger partial charge in [0.2, 0.25) is 0 Å². The minimum Gasteiger partial charge on any atom is -0.114 e. The maximum absolute atomic E-state index is 2.08. The number of hydrogen-bond donors (Lipinski definition) is 0. The molecule has 0 nitrogen and oxygen atoms in total. The van der Waals surface area contributed by atoms with Gasteiger partial charge in [-0.3, -0.25) is 0 Å². The van der Waals surface area contributed by atoms with Gasteiger partial charge in [0.15, 0.2) is 0 Å². The van der Waals surface area contributed by atoms with Crippen LogP contribution >= 0.6 is 41.0 Å². The van der Waals surface area contributed by atoms with Gasteiger partial charge in [0.1, 0.15) is 0 Å². The summed E-state index contributed by atoms with van der Waals surface area (Å²) in [5, 5.41) is 0. The molecule has 2 heteroatoms. The molecule has 0 aliphatic carbocycles. The number of benzene rings is 1. The zero-order chi connectivity index (χ0) is 5.11. The van der Waals surface area contributed by atoms with Crippen LogP contribution < -0.4 is 0 Å². The van der Waals surface area contributed by atoms with E-state index in [9.17, 15) is 0 Å². The van der Waals surface area contributed by atoms with Crippen LogP contribution in [0.4, 0.5) is 0 Å². The third-order valence-corrected chi connectivity index (χ3v) is 0.940. The maximum Gasteiger partial charge on any atom is -0.0398 e. The van der Waals surface area contributed by atoms with Crippen molar-refractivity contribution in [3.05, 3.63) is 35.9 Å². The minimum absolute atomic E-state index is 0. The van der Waals surface area contributed by atoms with E-state index in [0.29, 0.717) is 0 Å². The van der Waals surface area contributed by atoms with Crippen LogP contribution in [0.25, 0.3) is 0 Å². The molecule has 0 radical (unpaired) electrons. The average molecular weight is 301 g/mol. The number of rotatable bonds is 0. The highest BCUT2D eigenvalue weighted by Gasteiger charge is 1.72. The highest BCUT2D eigenvalue weighted by Crippen LogP contribution is 1.92. The highest BCUT2D eigenvalue weighted by atomic mass is 127. The molecular formula is C7H10BrI. The molecule has 0 bridgehead atoms. The summed E-state index contributed by atoms with van der Waals surface area (Å²) in [5.74, 6) is 0. The summed E-state index contributed by atoms with van der Waals surface area (Å²) in [7, 11) is 0. The van der Waals surface area contributed by atoms with Gasteiger partial charge in [0, 0.05) is 0 Å². The molecule has 0 fully saturated rings. The Kier molecular flexibility index (Phi) is 8.83. The first-order chi connectivity index (χ1) is 3.39. The van der Waals surface area contributed by atoms with Crippen molar-refractivity contribution in [2.75, 3.05) is 0 Å². The van der Waals surface area contributed by atoms with Gasteiger partial charge in [0.25, 0.3) is 0 Å². The van der Waals surface area contributed by atoms with Gasteiger partial charge in [-0.15, -0.1) is 41.0 Å². The fraction of sp³-hybridized carbons (Fsp3) is 0.143. The number of hydrogen-bond acceptors (Lipinski definition) is 0. The maximum atomic E-state index is 2.08. The summed E-state index contributed by atoms with van der Waals surface area (Å²) in [6.45, 7) is 2.08. The summed E-state index contributed by atoms with van der Waals surface area (Å²) in [5.41, 5.74) is 1.32. The van der Waals surface area contributed by atoms with Gasteiger partial charge in [0.05, 0.1) is 0 Å². The van der Waals surface area contributed by atoms with E-state index in [2.05, 4.69) is 19.1 Å². The van der Waals surface area contributed by atoms with E-state index in [1.807, 2.05) is 18.2 Å². The molecule has 0 unspecified atom stereocenters. The van der Waals surface area contributed by atoms with Gasteiger partial charge in [-0.2, -0.15) is 0 Å². The molecule has 9 heavy (non-hydrogen) atoms. The molecule has 0 spiro atoms. The highest BCUT2D eigenvalue weighted by molar-refractivity contribution is 14.0. The van der Waals surface area contributed by atoms with Crippen LogP contribution in [-0.2, 0) is 0 Å². The Labute approximate surface area is 83.5 Å². The fourth-order valence-electron chi connectivity index (χ4n) is 0.534. The number of halogens is 2. The summed E-state index contributed by atoms with van der Waals surface area (Å²) in [6.07, 6.45) is 0. The van der Waals surface area contributed by atoms with Crippen molar-refractivity contribution in [3.63, 3.8) is 0 Å². The van der Waals surface area contributed by atoms with Crippen molar-refractivity contribution >= 4 is 41.0 Å². The standard InChI is InChI=1S/C7H8.BrH.HI/c1-7-5-3-2-4-6-7;;/h2-6H,1H3;2*1H. The molecule has 0 heterocycles. The second-order valence-corrected chi connectivity index (χ2v) is 1.65. The predicted molar refractivity (Wildman–Crippen MR) is 56.9 cm³/mol. The normalized spacial score (nSPS) is 6.78. The van der Waals surface area contributed by atoms with Crippen LogP contribution in [0.1, 0.15) is 5.56 Å². The molecular weight excluding hydrogens is 291 g/mol. The van der Waals surface area contributed by atoms with E-state index >= 15 is 0 Å². The van der Waals surface area contributed by atoms with Crippen molar-refractivity contribution in [1.29, 1.82) is 0 Å². The van der Waals surface area contributed by atoms with Crippen LogP contribution in [0.5, 0.6) is 0 Å². The van der Waals surface area contributed by atoms with Crippen LogP contribution in [0.2, 0.25) is 0 Å². The van der Waals surface area contributed by atoms with Crippen molar-refractivity contribution in [1.82, 2.24) is 0 Å². The first kappa shape index (κ1) is 12.1. The van der Waals surface area contributed by atoms with Crippen molar-refractivity contribution in [2.24, 2.45) is 0 Å². The Balaban J connectivity index is 0. The second kappa shape index (κ2) is 6.55. The van der Waals surface area contributed by atoms with Crippen molar-refractivity contribution < 1.29 is 0 Å². The quantitative estimate of drug-likeness (QED) is 0.646. The van der Waals surface area contributed by atoms with Crippen molar-refractivity contribution in [3.8, 4) is 0 Å². The SMILES string of the molecule is Br.Cc1ccccc1.I. The summed E-state index contributed by atoms with van der Waals surface area (Å²) >= 11 is 0. The lowest BCUT2D eigenvalue weighted by Crippen LogP contribution is -1.62. The van der Waals surface area contributed by atoms with Gasteiger partial charge in [-0.25, -0.2) is 0 Å². The van der Waals surface area contributed by atoms with Crippen LogP contribution in [0.3, 0.4) is 0 Å². The monoisotopic (exact) mass is 300 g/mol. The molecule has 1 aromatic rings. The van der Waals surface area contributed by atoms with E-state index in [0.717, 1.165) is 0 Å². The fourth-order valence-corrected chi connectivity index (χ4v) is 0.534. The predicted octanol–water partition coefficient (Wildman–Crippen LogP) is 3.19. The van der Waals surface area contributed by atoms with E-state index in [1.54, 1.807) is 0 Å². The van der Waals surface area contributed by atoms with E-state index in [4.69, 9.17) is 0 Å². The van der Waals surface area contributed by atoms with Gasteiger partial charge >= 0.3 is 0 Å². The Morgan fingerprint density at radius 2 is 1.44 bits per heavy atom. The second-order valence-electron chi connectivity index (χ2n) is 1.65. The lowest BCUT2D eigenvalue weighted by molar-refractivity contribution is 1.48. The van der Waals surface area contributed by atoms with Crippen LogP contribution in [0.15, 0.2) is 30.3 Å². The van der Waals surface area contributed by atoms with E-state index in [-0.39, 0.29) is 41.0 Å². The molecule has 0 aliphatic rings. The van der Waals surface area contributed by atoms with E-state index in [1.165, 1.54) is 5.56 Å². The summed E-state index contributed by atoms with van der Waals surface area (Å²) < 4.78 is 0. The minimum atomic E-state index is 0.